The zero-order valence-corrected chi connectivity index (χ0v) is 10.8. The Morgan fingerprint density at radius 2 is 2.05 bits per heavy atom. The molecule has 0 saturated heterocycles. The van der Waals surface area contributed by atoms with Gasteiger partial charge in [0.2, 0.25) is 0 Å². The van der Waals surface area contributed by atoms with Crippen molar-refractivity contribution in [2.24, 2.45) is 0 Å². The van der Waals surface area contributed by atoms with E-state index in [0.29, 0.717) is 31.0 Å². The van der Waals surface area contributed by atoms with Crippen LogP contribution in [0.15, 0.2) is 24.8 Å². The van der Waals surface area contributed by atoms with Crippen molar-refractivity contribution in [1.29, 1.82) is 0 Å². The zero-order valence-electron chi connectivity index (χ0n) is 10.8. The predicted octanol–water partition coefficient (Wildman–Crippen LogP) is -0.305. The Morgan fingerprint density at radius 3 is 2.84 bits per heavy atom. The third-order valence-electron chi connectivity index (χ3n) is 2.60. The molecule has 0 atom stereocenters. The lowest BCUT2D eigenvalue weighted by Crippen LogP contribution is -2.33. The summed E-state index contributed by atoms with van der Waals surface area (Å²) in [7, 11) is 1.65. The van der Waals surface area contributed by atoms with Crippen molar-refractivity contribution in [3.05, 3.63) is 30.5 Å². The van der Waals surface area contributed by atoms with E-state index in [9.17, 15) is 4.79 Å². The number of nitrogens with one attached hydrogen (secondary N) is 2. The molecule has 0 aliphatic heterocycles. The number of imidazole rings is 1. The third kappa shape index (κ3) is 3.49. The van der Waals surface area contributed by atoms with Gasteiger partial charge in [0.05, 0.1) is 6.61 Å². The van der Waals surface area contributed by atoms with Crippen LogP contribution in [-0.2, 0) is 4.74 Å². The van der Waals surface area contributed by atoms with Crippen molar-refractivity contribution in [3.63, 3.8) is 0 Å². The number of amides is 1. The highest BCUT2D eigenvalue weighted by atomic mass is 16.5. The van der Waals surface area contributed by atoms with E-state index in [-0.39, 0.29) is 5.91 Å². The lowest BCUT2D eigenvalue weighted by molar-refractivity contribution is 0.0950. The van der Waals surface area contributed by atoms with Crippen molar-refractivity contribution in [2.75, 3.05) is 33.4 Å². The quantitative estimate of drug-likeness (QED) is 0.670. The average molecular weight is 263 g/mol. The third-order valence-corrected chi connectivity index (χ3v) is 2.60. The molecular formula is C12H17N5O2. The Kier molecular flexibility index (Phi) is 4.82. The number of fused-ring (bicyclic) bond motifs is 1. The Morgan fingerprint density at radius 1 is 1.26 bits per heavy atom. The van der Waals surface area contributed by atoms with Gasteiger partial charge in [-0.05, 0) is 0 Å². The van der Waals surface area contributed by atoms with Crippen molar-refractivity contribution < 1.29 is 9.53 Å². The second-order valence-electron chi connectivity index (χ2n) is 3.93. The van der Waals surface area contributed by atoms with Gasteiger partial charge in [-0.1, -0.05) is 0 Å². The van der Waals surface area contributed by atoms with Gasteiger partial charge in [0.25, 0.3) is 5.91 Å². The van der Waals surface area contributed by atoms with Crippen molar-refractivity contribution >= 4 is 11.6 Å². The Hall–Kier alpha value is -1.99. The van der Waals surface area contributed by atoms with Gasteiger partial charge in [-0.15, -0.1) is 0 Å². The van der Waals surface area contributed by atoms with Crippen molar-refractivity contribution in [3.8, 4) is 0 Å². The second kappa shape index (κ2) is 6.81. The summed E-state index contributed by atoms with van der Waals surface area (Å²) >= 11 is 0. The maximum atomic E-state index is 12.0. The van der Waals surface area contributed by atoms with E-state index in [4.69, 9.17) is 4.74 Å². The molecule has 0 aliphatic carbocycles. The van der Waals surface area contributed by atoms with Crippen LogP contribution in [-0.4, -0.2) is 53.6 Å². The van der Waals surface area contributed by atoms with E-state index in [1.165, 1.54) is 0 Å². The minimum atomic E-state index is -0.217. The van der Waals surface area contributed by atoms with Gasteiger partial charge < -0.3 is 19.8 Å². The summed E-state index contributed by atoms with van der Waals surface area (Å²) in [5.41, 5.74) is 0.900. The molecule has 1 amide bonds. The largest absolute Gasteiger partial charge is 0.383 e. The maximum Gasteiger partial charge on any atom is 0.273 e. The topological polar surface area (TPSA) is 80.5 Å². The standard InChI is InChI=1S/C12H17N5O2/c1-19-9-6-13-2-3-16-12(18)10-11-15-5-8-17(11)7-4-14-10/h4-5,7-8,13H,2-3,6,9H2,1H3,(H,16,18). The summed E-state index contributed by atoms with van der Waals surface area (Å²) in [6.07, 6.45) is 6.76. The summed E-state index contributed by atoms with van der Waals surface area (Å²) in [5.74, 6) is -0.217. The lowest BCUT2D eigenvalue weighted by atomic mass is 10.4. The van der Waals surface area contributed by atoms with Crippen LogP contribution in [0.25, 0.3) is 5.65 Å². The highest BCUT2D eigenvalue weighted by molar-refractivity contribution is 5.97. The average Bonchev–Trinajstić information content (AvgIpc) is 2.90. The van der Waals surface area contributed by atoms with E-state index in [1.54, 1.807) is 36.3 Å². The summed E-state index contributed by atoms with van der Waals surface area (Å²) in [5, 5.41) is 5.94. The monoisotopic (exact) mass is 263 g/mol. The molecule has 0 radical (unpaired) electrons. The first kappa shape index (κ1) is 13.4. The molecule has 0 unspecified atom stereocenters. The zero-order chi connectivity index (χ0) is 13.5. The van der Waals surface area contributed by atoms with Crippen LogP contribution in [0.4, 0.5) is 0 Å². The number of carbonyl (C=O) groups excluding carboxylic acids is 1. The molecule has 2 rings (SSSR count). The van der Waals surface area contributed by atoms with Crippen LogP contribution in [0.3, 0.4) is 0 Å². The minimum absolute atomic E-state index is 0.217. The molecule has 102 valence electrons. The van der Waals surface area contributed by atoms with Gasteiger partial charge in [0, 0.05) is 51.5 Å². The highest BCUT2D eigenvalue weighted by Gasteiger charge is 2.12. The van der Waals surface area contributed by atoms with Crippen LogP contribution >= 0.6 is 0 Å². The van der Waals surface area contributed by atoms with Crippen LogP contribution in [0.2, 0.25) is 0 Å². The number of nitrogens with zero attached hydrogens (tertiary/aromatic N) is 3. The van der Waals surface area contributed by atoms with Gasteiger partial charge in [0.1, 0.15) is 0 Å². The molecule has 0 fully saturated rings. The number of hydrogen-bond acceptors (Lipinski definition) is 5. The maximum absolute atomic E-state index is 12.0. The molecule has 0 aromatic carbocycles. The van der Waals surface area contributed by atoms with Crippen LogP contribution in [0, 0.1) is 0 Å². The number of rotatable bonds is 7. The summed E-state index contributed by atoms with van der Waals surface area (Å²) in [6.45, 7) is 2.64. The number of hydrogen-bond donors (Lipinski definition) is 2. The summed E-state index contributed by atoms with van der Waals surface area (Å²) < 4.78 is 6.67. The van der Waals surface area contributed by atoms with Gasteiger partial charge in [-0.25, -0.2) is 9.97 Å². The highest BCUT2D eigenvalue weighted by Crippen LogP contribution is 2.04. The van der Waals surface area contributed by atoms with Gasteiger partial charge >= 0.3 is 0 Å². The Balaban J connectivity index is 1.85. The first-order valence-corrected chi connectivity index (χ1v) is 6.08. The van der Waals surface area contributed by atoms with E-state index in [2.05, 4.69) is 20.6 Å². The molecule has 19 heavy (non-hydrogen) atoms. The lowest BCUT2D eigenvalue weighted by Gasteiger charge is -2.06. The van der Waals surface area contributed by atoms with E-state index < -0.39 is 0 Å². The molecule has 0 saturated carbocycles. The van der Waals surface area contributed by atoms with Crippen LogP contribution in [0.1, 0.15) is 10.5 Å². The Labute approximate surface area is 111 Å². The van der Waals surface area contributed by atoms with Crippen LogP contribution in [0.5, 0.6) is 0 Å². The van der Waals surface area contributed by atoms with Gasteiger partial charge in [-0.3, -0.25) is 4.79 Å². The van der Waals surface area contributed by atoms with Gasteiger partial charge in [-0.2, -0.15) is 0 Å². The molecular weight excluding hydrogens is 246 g/mol. The van der Waals surface area contributed by atoms with E-state index in [1.807, 2.05) is 0 Å². The van der Waals surface area contributed by atoms with Crippen molar-refractivity contribution in [2.45, 2.75) is 0 Å². The predicted molar refractivity (Wildman–Crippen MR) is 70.1 cm³/mol. The summed E-state index contributed by atoms with van der Waals surface area (Å²) in [6, 6.07) is 0. The normalized spacial score (nSPS) is 10.8. The van der Waals surface area contributed by atoms with E-state index >= 15 is 0 Å². The van der Waals surface area contributed by atoms with Gasteiger partial charge in [0.15, 0.2) is 11.3 Å². The fraction of sp³-hybridized carbons (Fsp3) is 0.417. The van der Waals surface area contributed by atoms with E-state index in [0.717, 1.165) is 6.54 Å². The number of ether oxygens (including phenoxy) is 1. The molecule has 0 bridgehead atoms. The first-order chi connectivity index (χ1) is 9.33. The first-order valence-electron chi connectivity index (χ1n) is 6.08. The molecule has 7 nitrogen and oxygen atoms in total. The Bertz CT molecular complexity index is 540. The molecule has 2 aromatic rings. The molecule has 2 N–H and O–H groups in total. The molecule has 0 aliphatic rings. The molecule has 2 aromatic heterocycles. The molecule has 0 spiro atoms. The summed E-state index contributed by atoms with van der Waals surface area (Å²) in [4.78, 5) is 20.2. The fourth-order valence-electron chi connectivity index (χ4n) is 1.66. The number of aromatic nitrogens is 3. The molecule has 7 heteroatoms. The number of carbonyl (C=O) groups is 1. The smallest absolute Gasteiger partial charge is 0.273 e. The van der Waals surface area contributed by atoms with Crippen molar-refractivity contribution in [1.82, 2.24) is 25.0 Å². The van der Waals surface area contributed by atoms with Crippen LogP contribution < -0.4 is 10.6 Å². The SMILES string of the molecule is COCCNCCNC(=O)c1nccn2ccnc12. The fourth-order valence-corrected chi connectivity index (χ4v) is 1.66. The number of methoxy groups -OCH3 is 1. The second-order valence-corrected chi connectivity index (χ2v) is 3.93. The minimum Gasteiger partial charge on any atom is -0.383 e. The molecule has 2 heterocycles.